The lowest BCUT2D eigenvalue weighted by atomic mass is 9.97. The van der Waals surface area contributed by atoms with Crippen LogP contribution in [0.5, 0.6) is 34.5 Å². The second-order valence-corrected chi connectivity index (χ2v) is 9.73. The number of rotatable bonds is 10. The first-order valence-electron chi connectivity index (χ1n) is 13.0. The van der Waals surface area contributed by atoms with Crippen LogP contribution in [0.3, 0.4) is 0 Å². The molecule has 0 saturated carbocycles. The molecule has 0 atom stereocenters. The minimum atomic E-state index is 0.535. The van der Waals surface area contributed by atoms with Crippen molar-refractivity contribution < 1.29 is 29.4 Å². The molecule has 0 aliphatic rings. The normalized spacial score (nSPS) is 11.3. The van der Waals surface area contributed by atoms with Crippen LogP contribution in [-0.4, -0.2) is 37.1 Å². The number of aryl methyl sites for hydroxylation is 4. The predicted molar refractivity (Wildman–Crippen MR) is 160 cm³/mol. The second kappa shape index (κ2) is 12.9. The van der Waals surface area contributed by atoms with Crippen molar-refractivity contribution in [2.24, 2.45) is 10.3 Å². The van der Waals surface area contributed by atoms with Crippen molar-refractivity contribution in [1.82, 2.24) is 0 Å². The summed E-state index contributed by atoms with van der Waals surface area (Å²) in [5.41, 5.74) is 7.35. The summed E-state index contributed by atoms with van der Waals surface area (Å²) in [5.74, 6) is 3.65. The molecule has 2 N–H and O–H groups in total. The van der Waals surface area contributed by atoms with E-state index >= 15 is 0 Å². The maximum Gasteiger partial charge on any atom is 0.140 e. The molecule has 4 aromatic rings. The molecule has 8 nitrogen and oxygen atoms in total. The zero-order valence-electron chi connectivity index (χ0n) is 24.1. The Morgan fingerprint density at radius 3 is 1.24 bits per heavy atom. The Morgan fingerprint density at radius 1 is 0.585 bits per heavy atom. The molecule has 0 aromatic heterocycles. The highest BCUT2D eigenvalue weighted by atomic mass is 16.5. The molecule has 4 aromatic carbocycles. The minimum Gasteiger partial charge on any atom is -0.496 e. The zero-order valence-corrected chi connectivity index (χ0v) is 24.1. The summed E-state index contributed by atoms with van der Waals surface area (Å²) in [5, 5.41) is 24.6. The molecular weight excluding hydrogens is 520 g/mol. The van der Waals surface area contributed by atoms with E-state index in [0.717, 1.165) is 51.3 Å². The highest BCUT2D eigenvalue weighted by molar-refractivity contribution is 5.88. The third-order valence-corrected chi connectivity index (χ3v) is 6.74. The Balaban J connectivity index is 1.59. The summed E-state index contributed by atoms with van der Waals surface area (Å²) in [4.78, 5) is 0. The van der Waals surface area contributed by atoms with Crippen molar-refractivity contribution in [3.05, 3.63) is 105 Å². The largest absolute Gasteiger partial charge is 0.496 e. The summed E-state index contributed by atoms with van der Waals surface area (Å²) in [6, 6.07) is 19.3. The fourth-order valence-corrected chi connectivity index (χ4v) is 5.01. The molecular formula is C33H34N2O6. The highest BCUT2D eigenvalue weighted by Gasteiger charge is 2.16. The molecule has 0 aliphatic heterocycles. The van der Waals surface area contributed by atoms with E-state index in [1.807, 2.05) is 52.0 Å². The second-order valence-electron chi connectivity index (χ2n) is 9.73. The van der Waals surface area contributed by atoms with Gasteiger partial charge in [0.25, 0.3) is 0 Å². The van der Waals surface area contributed by atoms with E-state index in [2.05, 4.69) is 34.6 Å². The SMILES string of the molecule is COc1cccc(Oc2c(C)cc(Cc3cc(C)c(Oc4cccc(OC)c4/C=N/O)c(C)c3)cc2C)c1/C=N/O. The Morgan fingerprint density at radius 2 is 0.927 bits per heavy atom. The van der Waals surface area contributed by atoms with Crippen LogP contribution in [0, 0.1) is 27.7 Å². The Hall–Kier alpha value is -4.98. The van der Waals surface area contributed by atoms with Gasteiger partial charge >= 0.3 is 0 Å². The number of ether oxygens (including phenoxy) is 4. The molecule has 0 radical (unpaired) electrons. The number of hydrogen-bond acceptors (Lipinski definition) is 8. The standard InChI is InChI=1S/C33H34N2O6/c1-20-13-24(14-21(2)32(20)40-30-11-7-9-28(38-5)26(30)18-34-36)17-25-15-22(3)33(23(4)16-25)41-31-12-8-10-29(39-6)27(31)19-35-37/h7-16,18-19,36-37H,17H2,1-6H3/b34-18+,35-19+. The zero-order chi connectivity index (χ0) is 29.5. The molecule has 0 amide bonds. The lowest BCUT2D eigenvalue weighted by molar-refractivity contribution is 0.321. The molecule has 0 unspecified atom stereocenters. The van der Waals surface area contributed by atoms with E-state index in [0.29, 0.717) is 34.1 Å². The van der Waals surface area contributed by atoms with Crippen molar-refractivity contribution in [1.29, 1.82) is 0 Å². The van der Waals surface area contributed by atoms with Gasteiger partial charge in [0.05, 0.1) is 37.8 Å². The summed E-state index contributed by atoms with van der Waals surface area (Å²) < 4.78 is 23.4. The molecule has 8 heteroatoms. The van der Waals surface area contributed by atoms with Crippen LogP contribution in [0.4, 0.5) is 0 Å². The van der Waals surface area contributed by atoms with Gasteiger partial charge in [-0.2, -0.15) is 0 Å². The number of methoxy groups -OCH3 is 2. The molecule has 0 saturated heterocycles. The fourth-order valence-electron chi connectivity index (χ4n) is 5.01. The smallest absolute Gasteiger partial charge is 0.140 e. The van der Waals surface area contributed by atoms with Crippen LogP contribution >= 0.6 is 0 Å². The van der Waals surface area contributed by atoms with Crippen LogP contribution in [0.2, 0.25) is 0 Å². The first-order chi connectivity index (χ1) is 19.8. The lowest BCUT2D eigenvalue weighted by Crippen LogP contribution is -2.00. The van der Waals surface area contributed by atoms with Crippen LogP contribution in [0.1, 0.15) is 44.5 Å². The maximum absolute atomic E-state index is 9.13. The first-order valence-corrected chi connectivity index (χ1v) is 13.0. The van der Waals surface area contributed by atoms with Crippen LogP contribution in [-0.2, 0) is 6.42 Å². The van der Waals surface area contributed by atoms with Gasteiger partial charge in [0.2, 0.25) is 0 Å². The van der Waals surface area contributed by atoms with Crippen molar-refractivity contribution in [2.75, 3.05) is 14.2 Å². The molecule has 212 valence electrons. The summed E-state index contributed by atoms with van der Waals surface area (Å²) in [6.45, 7) is 8.06. The van der Waals surface area contributed by atoms with Crippen molar-refractivity contribution in [2.45, 2.75) is 34.1 Å². The van der Waals surface area contributed by atoms with E-state index < -0.39 is 0 Å². The summed E-state index contributed by atoms with van der Waals surface area (Å²) >= 11 is 0. The van der Waals surface area contributed by atoms with E-state index in [9.17, 15) is 0 Å². The minimum absolute atomic E-state index is 0.535. The number of hydrogen-bond donors (Lipinski definition) is 2. The van der Waals surface area contributed by atoms with Gasteiger partial charge in [-0.3, -0.25) is 0 Å². The molecule has 0 bridgehead atoms. The van der Waals surface area contributed by atoms with Gasteiger partial charge in [0, 0.05) is 0 Å². The van der Waals surface area contributed by atoms with E-state index in [-0.39, 0.29) is 0 Å². The van der Waals surface area contributed by atoms with Gasteiger partial charge in [-0.05, 0) is 91.8 Å². The number of oxime groups is 2. The van der Waals surface area contributed by atoms with E-state index in [1.54, 1.807) is 26.4 Å². The topological polar surface area (TPSA) is 102 Å². The van der Waals surface area contributed by atoms with Crippen molar-refractivity contribution >= 4 is 12.4 Å². The quantitative estimate of drug-likeness (QED) is 0.118. The van der Waals surface area contributed by atoms with Gasteiger partial charge in [-0.25, -0.2) is 0 Å². The number of nitrogens with zero attached hydrogens (tertiary/aromatic N) is 2. The third kappa shape index (κ3) is 6.44. The maximum atomic E-state index is 9.13. The summed E-state index contributed by atoms with van der Waals surface area (Å²) in [7, 11) is 3.12. The Bertz CT molecular complexity index is 1440. The molecule has 0 aliphatic carbocycles. The number of benzene rings is 4. The van der Waals surface area contributed by atoms with Gasteiger partial charge in [0.1, 0.15) is 34.5 Å². The van der Waals surface area contributed by atoms with Crippen LogP contribution in [0.25, 0.3) is 0 Å². The third-order valence-electron chi connectivity index (χ3n) is 6.74. The van der Waals surface area contributed by atoms with Crippen molar-refractivity contribution in [3.63, 3.8) is 0 Å². The molecule has 0 fully saturated rings. The monoisotopic (exact) mass is 554 g/mol. The predicted octanol–water partition coefficient (Wildman–Crippen LogP) is 7.73. The van der Waals surface area contributed by atoms with E-state index in [4.69, 9.17) is 29.4 Å². The fraction of sp³-hybridized carbons (Fsp3) is 0.212. The molecule has 0 spiro atoms. The van der Waals surface area contributed by atoms with Gasteiger partial charge in [-0.15, -0.1) is 0 Å². The van der Waals surface area contributed by atoms with Crippen LogP contribution < -0.4 is 18.9 Å². The lowest BCUT2D eigenvalue weighted by Gasteiger charge is -2.18. The Kier molecular flexibility index (Phi) is 9.14. The van der Waals surface area contributed by atoms with Crippen LogP contribution in [0.15, 0.2) is 71.0 Å². The van der Waals surface area contributed by atoms with Gasteiger partial charge in [-0.1, -0.05) is 46.7 Å². The molecule has 4 rings (SSSR count). The van der Waals surface area contributed by atoms with Gasteiger partial charge < -0.3 is 29.4 Å². The summed E-state index contributed by atoms with van der Waals surface area (Å²) in [6.07, 6.45) is 3.34. The van der Waals surface area contributed by atoms with Gasteiger partial charge in [0.15, 0.2) is 0 Å². The van der Waals surface area contributed by atoms with E-state index in [1.165, 1.54) is 12.4 Å². The highest BCUT2D eigenvalue weighted by Crippen LogP contribution is 2.37. The molecule has 41 heavy (non-hydrogen) atoms. The average Bonchev–Trinajstić information content (AvgIpc) is 2.94. The first kappa shape index (κ1) is 29.0. The van der Waals surface area contributed by atoms with Crippen molar-refractivity contribution in [3.8, 4) is 34.5 Å². The molecule has 0 heterocycles. The Labute approximate surface area is 240 Å². The average molecular weight is 555 g/mol.